The number of hydrogen-bond acceptors (Lipinski definition) is 8. The van der Waals surface area contributed by atoms with Gasteiger partial charge in [0.2, 0.25) is 5.88 Å². The highest BCUT2D eigenvalue weighted by molar-refractivity contribution is 8.12. The number of ketones is 1. The third kappa shape index (κ3) is 2.95. The number of carbonyl (C=O) groups is 2. The van der Waals surface area contributed by atoms with Crippen LogP contribution in [0.1, 0.15) is 28.5 Å². The lowest BCUT2D eigenvalue weighted by atomic mass is 10.00. The number of Topliss-reactive ketones (excluding diaryl/α,β-unsaturated/α-hetero) is 1. The summed E-state index contributed by atoms with van der Waals surface area (Å²) in [5, 5.41) is 14.8. The molecular weight excluding hydrogens is 378 g/mol. The standard InChI is InChI=1S/C19H15N5O3S/c1-9(25)10-6-12-16(22-7-10)15(20)14(17(26)24-12)19-23-8-13(28-19)11-4-3-5-21-18(11)27-2/h3-8,20,23H,1-2H3,(H,24,26)/b19-14-,20-15?. The van der Waals surface area contributed by atoms with Crippen molar-refractivity contribution in [1.29, 1.82) is 5.41 Å². The maximum absolute atomic E-state index is 12.7. The quantitative estimate of drug-likeness (QED) is 0.542. The van der Waals surface area contributed by atoms with Crippen molar-refractivity contribution in [2.24, 2.45) is 0 Å². The van der Waals surface area contributed by atoms with Gasteiger partial charge in [-0.3, -0.25) is 20.0 Å². The average molecular weight is 393 g/mol. The summed E-state index contributed by atoms with van der Waals surface area (Å²) in [5.41, 5.74) is 2.03. The van der Waals surface area contributed by atoms with E-state index in [-0.39, 0.29) is 17.1 Å². The predicted octanol–water partition coefficient (Wildman–Crippen LogP) is 2.55. The van der Waals surface area contributed by atoms with Gasteiger partial charge in [0.1, 0.15) is 5.69 Å². The van der Waals surface area contributed by atoms with Crippen molar-refractivity contribution in [1.82, 2.24) is 15.3 Å². The van der Waals surface area contributed by atoms with Crippen molar-refractivity contribution >= 4 is 39.8 Å². The topological polar surface area (TPSA) is 117 Å². The van der Waals surface area contributed by atoms with Gasteiger partial charge in [-0.25, -0.2) is 4.98 Å². The molecule has 0 aliphatic carbocycles. The molecule has 9 heteroatoms. The fourth-order valence-electron chi connectivity index (χ4n) is 2.88. The molecule has 4 rings (SSSR count). The van der Waals surface area contributed by atoms with E-state index in [1.165, 1.54) is 30.9 Å². The lowest BCUT2D eigenvalue weighted by molar-refractivity contribution is -0.112. The molecule has 3 N–H and O–H groups in total. The molecule has 2 aliphatic rings. The number of pyridine rings is 2. The van der Waals surface area contributed by atoms with Crippen molar-refractivity contribution in [3.05, 3.63) is 64.2 Å². The van der Waals surface area contributed by atoms with E-state index in [9.17, 15) is 9.59 Å². The van der Waals surface area contributed by atoms with Crippen LogP contribution in [0.2, 0.25) is 0 Å². The highest BCUT2D eigenvalue weighted by atomic mass is 32.2. The van der Waals surface area contributed by atoms with E-state index in [2.05, 4.69) is 20.6 Å². The third-order valence-electron chi connectivity index (χ3n) is 4.26. The molecule has 0 radical (unpaired) electrons. The first kappa shape index (κ1) is 17.9. The summed E-state index contributed by atoms with van der Waals surface area (Å²) in [7, 11) is 1.54. The maximum atomic E-state index is 12.7. The zero-order valence-corrected chi connectivity index (χ0v) is 15.8. The molecular formula is C19H15N5O3S. The van der Waals surface area contributed by atoms with Gasteiger partial charge in [-0.2, -0.15) is 0 Å². The second kappa shape index (κ2) is 6.93. The lowest BCUT2D eigenvalue weighted by Gasteiger charge is -2.21. The van der Waals surface area contributed by atoms with Crippen LogP contribution in [-0.2, 0) is 4.79 Å². The van der Waals surface area contributed by atoms with Gasteiger partial charge in [0.05, 0.1) is 34.7 Å². The summed E-state index contributed by atoms with van der Waals surface area (Å²) in [5.74, 6) is -0.114. The van der Waals surface area contributed by atoms with Gasteiger partial charge in [0, 0.05) is 29.1 Å². The minimum Gasteiger partial charge on any atom is -0.481 e. The van der Waals surface area contributed by atoms with Crippen LogP contribution in [-0.4, -0.2) is 34.5 Å². The molecule has 28 heavy (non-hydrogen) atoms. The summed E-state index contributed by atoms with van der Waals surface area (Å²) in [6, 6.07) is 5.21. The summed E-state index contributed by atoms with van der Waals surface area (Å²) in [4.78, 5) is 33.4. The van der Waals surface area contributed by atoms with E-state index >= 15 is 0 Å². The van der Waals surface area contributed by atoms with Gasteiger partial charge >= 0.3 is 0 Å². The number of nitrogens with one attached hydrogen (secondary N) is 3. The van der Waals surface area contributed by atoms with Crippen LogP contribution in [0.3, 0.4) is 0 Å². The monoisotopic (exact) mass is 393 g/mol. The average Bonchev–Trinajstić information content (AvgIpc) is 3.16. The van der Waals surface area contributed by atoms with E-state index in [4.69, 9.17) is 10.1 Å². The first-order chi connectivity index (χ1) is 13.5. The number of ether oxygens (including phenoxy) is 1. The normalized spacial score (nSPS) is 18.1. The SMILES string of the molecule is COc1ncccc1C1=CN/C(=C2\C(=N)c3ncc(C(C)=O)cc3NC2=O)S1. The highest BCUT2D eigenvalue weighted by Crippen LogP contribution is 2.42. The number of hydrogen-bond donors (Lipinski definition) is 3. The predicted molar refractivity (Wildman–Crippen MR) is 106 cm³/mol. The molecule has 0 atom stereocenters. The van der Waals surface area contributed by atoms with Crippen LogP contribution in [0.4, 0.5) is 5.69 Å². The smallest absolute Gasteiger partial charge is 0.260 e. The summed E-state index contributed by atoms with van der Waals surface area (Å²) in [6.07, 6.45) is 4.79. The Balaban J connectivity index is 1.69. The van der Waals surface area contributed by atoms with Crippen molar-refractivity contribution in [2.75, 3.05) is 12.4 Å². The van der Waals surface area contributed by atoms with Gasteiger partial charge in [-0.15, -0.1) is 0 Å². The summed E-state index contributed by atoms with van der Waals surface area (Å²) in [6.45, 7) is 1.42. The largest absolute Gasteiger partial charge is 0.481 e. The first-order valence-electron chi connectivity index (χ1n) is 8.29. The number of aromatic nitrogens is 2. The van der Waals surface area contributed by atoms with Gasteiger partial charge in [0.25, 0.3) is 5.91 Å². The van der Waals surface area contributed by atoms with Crippen LogP contribution in [0.15, 0.2) is 47.4 Å². The van der Waals surface area contributed by atoms with E-state index in [0.29, 0.717) is 27.9 Å². The van der Waals surface area contributed by atoms with Gasteiger partial charge in [-0.05, 0) is 25.1 Å². The molecule has 1 amide bonds. The molecule has 2 aromatic heterocycles. The van der Waals surface area contributed by atoms with Gasteiger partial charge in [-0.1, -0.05) is 11.8 Å². The molecule has 4 heterocycles. The molecule has 0 bridgehead atoms. The van der Waals surface area contributed by atoms with Crippen molar-refractivity contribution in [3.63, 3.8) is 0 Å². The van der Waals surface area contributed by atoms with E-state index in [0.717, 1.165) is 10.5 Å². The Labute approximate surface area is 164 Å². The van der Waals surface area contributed by atoms with Crippen LogP contribution < -0.4 is 15.4 Å². The van der Waals surface area contributed by atoms with Gasteiger partial charge in [0.15, 0.2) is 5.78 Å². The molecule has 8 nitrogen and oxygen atoms in total. The molecule has 0 spiro atoms. The summed E-state index contributed by atoms with van der Waals surface area (Å²) >= 11 is 1.32. The van der Waals surface area contributed by atoms with Crippen LogP contribution in [0.5, 0.6) is 5.88 Å². The lowest BCUT2D eigenvalue weighted by Crippen LogP contribution is -2.31. The second-order valence-electron chi connectivity index (χ2n) is 6.02. The maximum Gasteiger partial charge on any atom is 0.260 e. The van der Waals surface area contributed by atoms with E-state index in [1.807, 2.05) is 6.07 Å². The Bertz CT molecular complexity index is 1110. The van der Waals surface area contributed by atoms with E-state index < -0.39 is 5.91 Å². The number of amides is 1. The van der Waals surface area contributed by atoms with E-state index in [1.54, 1.807) is 25.6 Å². The Morgan fingerprint density at radius 1 is 1.32 bits per heavy atom. The minimum atomic E-state index is -0.428. The van der Waals surface area contributed by atoms with Crippen LogP contribution >= 0.6 is 11.8 Å². The number of fused-ring (bicyclic) bond motifs is 1. The Morgan fingerprint density at radius 2 is 2.14 bits per heavy atom. The van der Waals surface area contributed by atoms with Crippen molar-refractivity contribution in [2.45, 2.75) is 6.92 Å². The molecule has 140 valence electrons. The Hall–Kier alpha value is -3.46. The highest BCUT2D eigenvalue weighted by Gasteiger charge is 2.32. The molecule has 0 fully saturated rings. The van der Waals surface area contributed by atoms with Gasteiger partial charge < -0.3 is 15.4 Å². The van der Waals surface area contributed by atoms with Crippen LogP contribution in [0, 0.1) is 5.41 Å². The number of nitrogens with zero attached hydrogens (tertiary/aromatic N) is 2. The Morgan fingerprint density at radius 3 is 2.89 bits per heavy atom. The third-order valence-corrected chi connectivity index (χ3v) is 5.34. The molecule has 2 aliphatic heterocycles. The Kier molecular flexibility index (Phi) is 4.44. The fourth-order valence-corrected chi connectivity index (χ4v) is 3.90. The molecule has 0 saturated carbocycles. The van der Waals surface area contributed by atoms with Crippen molar-refractivity contribution < 1.29 is 14.3 Å². The first-order valence-corrected chi connectivity index (χ1v) is 9.11. The number of anilines is 1. The molecule has 0 aromatic carbocycles. The number of rotatable bonds is 3. The number of methoxy groups -OCH3 is 1. The zero-order chi connectivity index (χ0) is 19.8. The molecule has 0 unspecified atom stereocenters. The molecule has 0 saturated heterocycles. The van der Waals surface area contributed by atoms with Crippen molar-refractivity contribution in [3.8, 4) is 5.88 Å². The summed E-state index contributed by atoms with van der Waals surface area (Å²) < 4.78 is 5.29. The zero-order valence-electron chi connectivity index (χ0n) is 15.0. The number of carbonyl (C=O) groups excluding carboxylic acids is 2. The second-order valence-corrected chi connectivity index (χ2v) is 7.08. The molecule has 2 aromatic rings. The number of thioether (sulfide) groups is 1. The fraction of sp³-hybridized carbons (Fsp3) is 0.105. The van der Waals surface area contributed by atoms with Crippen LogP contribution in [0.25, 0.3) is 4.91 Å². The minimum absolute atomic E-state index is 0.00310.